The van der Waals surface area contributed by atoms with E-state index in [9.17, 15) is 24.7 Å². The van der Waals surface area contributed by atoms with Gasteiger partial charge in [0, 0.05) is 11.8 Å². The van der Waals surface area contributed by atoms with Crippen LogP contribution in [0.15, 0.2) is 6.33 Å². The summed E-state index contributed by atoms with van der Waals surface area (Å²) in [7, 11) is -2.44. The van der Waals surface area contributed by atoms with E-state index in [4.69, 9.17) is 18.5 Å². The number of methoxy groups -OCH3 is 1. The van der Waals surface area contributed by atoms with Gasteiger partial charge in [0.1, 0.15) is 23.6 Å². The number of carbonyl (C=O) groups is 1. The fraction of sp³-hybridized carbons (Fsp3) is 0.739. The molecule has 3 heterocycles. The van der Waals surface area contributed by atoms with E-state index in [1.807, 2.05) is 0 Å². The highest BCUT2D eigenvalue weighted by Gasteiger charge is 2.54. The summed E-state index contributed by atoms with van der Waals surface area (Å²) in [4.78, 5) is 25.1. The van der Waals surface area contributed by atoms with Crippen LogP contribution in [0.1, 0.15) is 46.7 Å². The van der Waals surface area contributed by atoms with Crippen molar-refractivity contribution in [2.45, 2.75) is 71.6 Å². The van der Waals surface area contributed by atoms with Gasteiger partial charge < -0.3 is 24.8 Å². The third-order valence-corrected chi connectivity index (χ3v) is 9.08. The highest BCUT2D eigenvalue weighted by atomic mass is 32.2. The lowest BCUT2D eigenvalue weighted by molar-refractivity contribution is -0.119. The average molecular weight is 592 g/mol. The Labute approximate surface area is 231 Å². The van der Waals surface area contributed by atoms with Crippen molar-refractivity contribution in [3.63, 3.8) is 0 Å². The van der Waals surface area contributed by atoms with Gasteiger partial charge in [-0.15, -0.1) is 0 Å². The first-order valence-corrected chi connectivity index (χ1v) is 14.9. The number of aliphatic hydroxyl groups is 3. The summed E-state index contributed by atoms with van der Waals surface area (Å²) in [6, 6.07) is -0.279. The summed E-state index contributed by atoms with van der Waals surface area (Å²) < 4.78 is 37.3. The lowest BCUT2D eigenvalue weighted by Gasteiger charge is -2.27. The molecule has 0 amide bonds. The van der Waals surface area contributed by atoms with Gasteiger partial charge in [-0.25, -0.2) is 19.6 Å². The van der Waals surface area contributed by atoms with Crippen LogP contribution in [0.4, 0.5) is 0 Å². The van der Waals surface area contributed by atoms with Crippen molar-refractivity contribution in [1.29, 1.82) is 0 Å². The van der Waals surface area contributed by atoms with Crippen molar-refractivity contribution in [2.24, 2.45) is 5.41 Å². The van der Waals surface area contributed by atoms with E-state index in [1.54, 1.807) is 34.6 Å². The molecule has 2 aromatic heterocycles. The number of carbonyl (C=O) groups excluding carboxylic acids is 1. The van der Waals surface area contributed by atoms with Crippen LogP contribution in [0.3, 0.4) is 0 Å². The molecule has 2 unspecified atom stereocenters. The minimum absolute atomic E-state index is 0.0781. The lowest BCUT2D eigenvalue weighted by atomic mass is 9.96. The molecule has 16 heteroatoms. The van der Waals surface area contributed by atoms with Crippen molar-refractivity contribution in [3.05, 3.63) is 12.2 Å². The number of aryl methyl sites for hydroxylation is 1. The molecule has 1 aliphatic rings. The molecule has 4 N–H and O–H groups in total. The van der Waals surface area contributed by atoms with Gasteiger partial charge in [-0.3, -0.25) is 18.4 Å². The van der Waals surface area contributed by atoms with Crippen LogP contribution >= 0.6 is 19.5 Å². The van der Waals surface area contributed by atoms with Crippen molar-refractivity contribution < 1.29 is 43.2 Å². The van der Waals surface area contributed by atoms with Gasteiger partial charge in [0.2, 0.25) is 5.88 Å². The summed E-state index contributed by atoms with van der Waals surface area (Å²) >= 11 is 0.960. The third kappa shape index (κ3) is 7.16. The molecule has 14 nitrogen and oxygen atoms in total. The summed E-state index contributed by atoms with van der Waals surface area (Å²) in [5, 5.41) is 34.0. The first kappa shape index (κ1) is 31.8. The summed E-state index contributed by atoms with van der Waals surface area (Å²) in [5.41, 5.74) is -2.00. The summed E-state index contributed by atoms with van der Waals surface area (Å²) in [6.45, 7) is 9.11. The van der Waals surface area contributed by atoms with Gasteiger partial charge in [-0.05, 0) is 41.5 Å². The molecule has 5 atom stereocenters. The van der Waals surface area contributed by atoms with Crippen LogP contribution in [0.25, 0.3) is 11.2 Å². The molecule has 1 saturated heterocycles. The fourth-order valence-corrected chi connectivity index (χ4v) is 6.30. The van der Waals surface area contributed by atoms with Crippen molar-refractivity contribution in [3.8, 4) is 5.88 Å². The Morgan fingerprint density at radius 3 is 2.67 bits per heavy atom. The van der Waals surface area contributed by atoms with Gasteiger partial charge in [0.25, 0.3) is 0 Å². The van der Waals surface area contributed by atoms with E-state index in [2.05, 4.69) is 20.0 Å². The van der Waals surface area contributed by atoms with Gasteiger partial charge >= 0.3 is 7.75 Å². The first-order valence-electron chi connectivity index (χ1n) is 12.4. The second-order valence-corrected chi connectivity index (χ2v) is 13.2. The topological polar surface area (TPSA) is 187 Å². The number of imidazole rings is 1. The van der Waals surface area contributed by atoms with Gasteiger partial charge in [-0.1, -0.05) is 11.8 Å². The number of hydrogen-bond donors (Lipinski definition) is 4. The molecular weight excluding hydrogens is 553 g/mol. The van der Waals surface area contributed by atoms with E-state index in [0.717, 1.165) is 11.8 Å². The molecule has 0 bridgehead atoms. The maximum absolute atomic E-state index is 13.4. The standard InChI is InChI=1S/C23H38N5O9PS/c1-13(2)27-38(33,35-8-9-39-21(31)22(4,5)11-29)36-10-15-17(30)23(6,32)20(37-15)28-12-24-16-18(28)25-14(3)26-19(16)34-7/h12-13,15,17,20,29-30,32H,8-11H2,1-7H3,(H,27,33)/t15-,17+,20-,23?,38?/m1/s1. The Morgan fingerprint density at radius 2 is 2.05 bits per heavy atom. The van der Waals surface area contributed by atoms with Gasteiger partial charge in [0.15, 0.2) is 22.5 Å². The number of rotatable bonds is 13. The molecule has 3 rings (SSSR count). The molecule has 1 fully saturated rings. The zero-order valence-corrected chi connectivity index (χ0v) is 24.9. The number of fused-ring (bicyclic) bond motifs is 1. The number of hydrogen-bond acceptors (Lipinski definition) is 13. The number of ether oxygens (including phenoxy) is 2. The molecule has 1 aliphatic heterocycles. The van der Waals surface area contributed by atoms with Crippen LogP contribution in [-0.4, -0.2) is 96.5 Å². The SMILES string of the molecule is COc1nc(C)nc2c1ncn2[C@@H]1O[C@H](COP(=O)(NC(C)C)OCCSC(=O)C(C)(C)CO)[C@H](O)C1(C)O. The number of nitrogens with one attached hydrogen (secondary N) is 1. The Morgan fingerprint density at radius 1 is 1.36 bits per heavy atom. The molecule has 0 spiro atoms. The van der Waals surface area contributed by atoms with Gasteiger partial charge in [0.05, 0.1) is 38.7 Å². The minimum atomic E-state index is -3.89. The third-order valence-electron chi connectivity index (χ3n) is 6.05. The fourth-order valence-electron chi connectivity index (χ4n) is 3.84. The molecule has 0 saturated carbocycles. The molecule has 2 aromatic rings. The number of thioether (sulfide) groups is 1. The van der Waals surface area contributed by atoms with E-state index in [0.29, 0.717) is 17.0 Å². The molecular formula is C23H38N5O9PS. The quantitative estimate of drug-likeness (QED) is 0.194. The monoisotopic (exact) mass is 591 g/mol. The Kier molecular flexibility index (Phi) is 10.2. The zero-order valence-electron chi connectivity index (χ0n) is 23.2. The predicted molar refractivity (Wildman–Crippen MR) is 143 cm³/mol. The first-order chi connectivity index (χ1) is 18.1. The smallest absolute Gasteiger partial charge is 0.405 e. The van der Waals surface area contributed by atoms with Gasteiger partial charge in [-0.2, -0.15) is 4.98 Å². The lowest BCUT2D eigenvalue weighted by Crippen LogP contribution is -2.44. The Balaban J connectivity index is 1.71. The maximum atomic E-state index is 13.4. The van der Waals surface area contributed by atoms with Crippen LogP contribution in [0.2, 0.25) is 0 Å². The Bertz CT molecular complexity index is 1210. The van der Waals surface area contributed by atoms with Crippen LogP contribution in [0.5, 0.6) is 5.88 Å². The highest BCUT2D eigenvalue weighted by molar-refractivity contribution is 8.13. The molecule has 0 aliphatic carbocycles. The van der Waals surface area contributed by atoms with Crippen LogP contribution < -0.4 is 9.82 Å². The summed E-state index contributed by atoms with van der Waals surface area (Å²) in [5.74, 6) is 0.858. The normalized spacial score (nSPS) is 25.4. The van der Waals surface area contributed by atoms with E-state index >= 15 is 0 Å². The Hall–Kier alpha value is -1.68. The van der Waals surface area contributed by atoms with Crippen molar-refractivity contribution in [1.82, 2.24) is 24.6 Å². The average Bonchev–Trinajstić information content (AvgIpc) is 3.37. The van der Waals surface area contributed by atoms with Crippen molar-refractivity contribution in [2.75, 3.05) is 32.7 Å². The number of nitrogens with zero attached hydrogens (tertiary/aromatic N) is 4. The molecule has 220 valence electrons. The molecule has 0 radical (unpaired) electrons. The summed E-state index contributed by atoms with van der Waals surface area (Å²) in [6.07, 6.45) is -2.21. The number of aliphatic hydroxyl groups excluding tert-OH is 2. The predicted octanol–water partition coefficient (Wildman–Crippen LogP) is 1.57. The zero-order chi connectivity index (χ0) is 29.2. The van der Waals surface area contributed by atoms with E-state index in [-0.39, 0.29) is 42.6 Å². The van der Waals surface area contributed by atoms with Crippen LogP contribution in [-0.2, 0) is 23.1 Å². The van der Waals surface area contributed by atoms with Crippen LogP contribution in [0, 0.1) is 12.3 Å². The number of aromatic nitrogens is 4. The van der Waals surface area contributed by atoms with E-state index in [1.165, 1.54) is 24.9 Å². The second kappa shape index (κ2) is 12.5. The largest absolute Gasteiger partial charge is 0.479 e. The second-order valence-electron chi connectivity index (χ2n) is 10.4. The van der Waals surface area contributed by atoms with E-state index < -0.39 is 37.2 Å². The highest BCUT2D eigenvalue weighted by Crippen LogP contribution is 2.47. The molecule has 39 heavy (non-hydrogen) atoms. The molecule has 0 aromatic carbocycles. The minimum Gasteiger partial charge on any atom is -0.479 e. The maximum Gasteiger partial charge on any atom is 0.405 e. The van der Waals surface area contributed by atoms with Crippen molar-refractivity contribution >= 4 is 35.8 Å².